The van der Waals surface area contributed by atoms with Gasteiger partial charge in [-0.05, 0) is 73.0 Å². The highest BCUT2D eigenvalue weighted by Crippen LogP contribution is 2.27. The van der Waals surface area contributed by atoms with Crippen molar-refractivity contribution in [3.8, 4) is 17.2 Å². The molecule has 3 aromatic carbocycles. The fraction of sp³-hybridized carbons (Fsp3) is 0.375. The molecule has 0 unspecified atom stereocenters. The van der Waals surface area contributed by atoms with Crippen molar-refractivity contribution in [3.63, 3.8) is 0 Å². The third-order valence-electron chi connectivity index (χ3n) is 7.39. The third-order valence-corrected chi connectivity index (χ3v) is 9.30. The second kappa shape index (κ2) is 15.7. The summed E-state index contributed by atoms with van der Waals surface area (Å²) in [5, 5.41) is 2.87. The van der Waals surface area contributed by atoms with Gasteiger partial charge in [-0.15, -0.1) is 0 Å². The summed E-state index contributed by atoms with van der Waals surface area (Å²) in [7, 11) is -0.571. The number of morpholine rings is 1. The van der Waals surface area contributed by atoms with Gasteiger partial charge in [-0.1, -0.05) is 18.2 Å². The summed E-state index contributed by atoms with van der Waals surface area (Å²) in [5.74, 6) is 0.206. The van der Waals surface area contributed by atoms with Gasteiger partial charge in [-0.3, -0.25) is 9.59 Å². The van der Waals surface area contributed by atoms with Gasteiger partial charge in [0.15, 0.2) is 18.1 Å². The molecule has 1 aliphatic rings. The monoisotopic (exact) mass is 643 g/mol. The van der Waals surface area contributed by atoms with Crippen LogP contribution < -0.4 is 19.5 Å². The van der Waals surface area contributed by atoms with Crippen LogP contribution in [0.2, 0.25) is 0 Å². The molecule has 1 aliphatic heterocycles. The van der Waals surface area contributed by atoms with Crippen LogP contribution in [0.3, 0.4) is 0 Å². The lowest BCUT2D eigenvalue weighted by Gasteiger charge is -2.29. The first-order valence-corrected chi connectivity index (χ1v) is 15.9. The SMILES string of the molecule is COc1ccc(CCNC(=O)[C@@H](C)N(Cc2ccc(F)cc2)C(=O)COc2ccc(S(=O)(=O)N3CCOCC3)cc2)cc1OC. The fourth-order valence-corrected chi connectivity index (χ4v) is 6.16. The van der Waals surface area contributed by atoms with E-state index in [2.05, 4.69) is 5.32 Å². The molecule has 1 N–H and O–H groups in total. The Morgan fingerprint density at radius 1 is 0.956 bits per heavy atom. The maximum atomic E-state index is 13.5. The molecule has 11 nitrogen and oxygen atoms in total. The summed E-state index contributed by atoms with van der Waals surface area (Å²) in [6.45, 7) is 2.80. The average molecular weight is 644 g/mol. The number of methoxy groups -OCH3 is 2. The van der Waals surface area contributed by atoms with Crippen molar-refractivity contribution in [1.82, 2.24) is 14.5 Å². The molecule has 1 saturated heterocycles. The van der Waals surface area contributed by atoms with Gasteiger partial charge in [0.05, 0.1) is 32.3 Å². The zero-order valence-corrected chi connectivity index (χ0v) is 26.3. The number of amides is 2. The molecule has 1 heterocycles. The number of hydrogen-bond donors (Lipinski definition) is 1. The summed E-state index contributed by atoms with van der Waals surface area (Å²) in [6, 6.07) is 16.1. The zero-order chi connectivity index (χ0) is 32.4. The van der Waals surface area contributed by atoms with Gasteiger partial charge in [0.25, 0.3) is 5.91 Å². The number of hydrogen-bond acceptors (Lipinski definition) is 8. The van der Waals surface area contributed by atoms with Gasteiger partial charge in [-0.2, -0.15) is 4.31 Å². The van der Waals surface area contributed by atoms with Crippen molar-refractivity contribution in [1.29, 1.82) is 0 Å². The molecule has 0 bridgehead atoms. The number of ether oxygens (including phenoxy) is 4. The smallest absolute Gasteiger partial charge is 0.261 e. The normalized spacial score (nSPS) is 14.3. The Kier molecular flexibility index (Phi) is 11.7. The number of nitrogens with zero attached hydrogens (tertiary/aromatic N) is 2. The first-order chi connectivity index (χ1) is 21.6. The number of nitrogens with one attached hydrogen (secondary N) is 1. The van der Waals surface area contributed by atoms with Crippen LogP contribution in [0, 0.1) is 5.82 Å². The Morgan fingerprint density at radius 2 is 1.60 bits per heavy atom. The molecular formula is C32H38FN3O8S. The minimum absolute atomic E-state index is 0.0451. The largest absolute Gasteiger partial charge is 0.493 e. The predicted molar refractivity (Wildman–Crippen MR) is 164 cm³/mol. The van der Waals surface area contributed by atoms with E-state index in [9.17, 15) is 22.4 Å². The van der Waals surface area contributed by atoms with E-state index in [4.69, 9.17) is 18.9 Å². The van der Waals surface area contributed by atoms with Crippen molar-refractivity contribution in [2.45, 2.75) is 30.8 Å². The average Bonchev–Trinajstić information content (AvgIpc) is 3.07. The molecule has 2 amide bonds. The maximum Gasteiger partial charge on any atom is 0.261 e. The van der Waals surface area contributed by atoms with Gasteiger partial charge in [0.1, 0.15) is 17.6 Å². The van der Waals surface area contributed by atoms with E-state index in [0.29, 0.717) is 43.2 Å². The highest BCUT2D eigenvalue weighted by atomic mass is 32.2. The molecule has 1 fully saturated rings. The Bertz CT molecular complexity index is 1550. The second-order valence-corrected chi connectivity index (χ2v) is 12.3. The number of rotatable bonds is 14. The Balaban J connectivity index is 1.39. The molecule has 0 spiro atoms. The molecule has 242 valence electrons. The van der Waals surface area contributed by atoms with Gasteiger partial charge < -0.3 is 29.2 Å². The highest BCUT2D eigenvalue weighted by Gasteiger charge is 2.28. The first kappa shape index (κ1) is 33.7. The lowest BCUT2D eigenvalue weighted by atomic mass is 10.1. The van der Waals surface area contributed by atoms with Crippen molar-refractivity contribution in [2.24, 2.45) is 0 Å². The standard InChI is InChI=1S/C32H38FN3O8S/c1-23(32(38)34-15-14-24-6-13-29(41-2)30(20-24)42-3)36(21-25-4-7-26(33)8-5-25)31(37)22-44-27-9-11-28(12-10-27)45(39,40)35-16-18-43-19-17-35/h4-13,20,23H,14-19,21-22H2,1-3H3,(H,34,38)/t23-/m1/s1. The number of halogens is 1. The lowest BCUT2D eigenvalue weighted by Crippen LogP contribution is -2.49. The van der Waals surface area contributed by atoms with Crippen LogP contribution in [0.15, 0.2) is 71.6 Å². The summed E-state index contributed by atoms with van der Waals surface area (Å²) in [5.41, 5.74) is 1.56. The predicted octanol–water partition coefficient (Wildman–Crippen LogP) is 3.02. The van der Waals surface area contributed by atoms with Gasteiger partial charge in [0, 0.05) is 26.2 Å². The number of carbonyl (C=O) groups excluding carboxylic acids is 2. The van der Waals surface area contributed by atoms with Gasteiger partial charge in [-0.25, -0.2) is 12.8 Å². The number of carbonyl (C=O) groups is 2. The third kappa shape index (κ3) is 8.93. The molecule has 45 heavy (non-hydrogen) atoms. The highest BCUT2D eigenvalue weighted by molar-refractivity contribution is 7.89. The van der Waals surface area contributed by atoms with E-state index in [-0.39, 0.29) is 36.2 Å². The van der Waals surface area contributed by atoms with Gasteiger partial charge >= 0.3 is 0 Å². The summed E-state index contributed by atoms with van der Waals surface area (Å²) in [4.78, 5) is 28.0. The lowest BCUT2D eigenvalue weighted by molar-refractivity contribution is -0.142. The van der Waals surface area contributed by atoms with Crippen LogP contribution in [0.4, 0.5) is 4.39 Å². The summed E-state index contributed by atoms with van der Waals surface area (Å²) >= 11 is 0. The summed E-state index contributed by atoms with van der Waals surface area (Å²) < 4.78 is 62.2. The zero-order valence-electron chi connectivity index (χ0n) is 25.5. The van der Waals surface area contributed by atoms with E-state index in [0.717, 1.165) is 5.56 Å². The van der Waals surface area contributed by atoms with E-state index >= 15 is 0 Å². The molecule has 0 saturated carbocycles. The number of sulfonamides is 1. The molecule has 0 radical (unpaired) electrons. The molecular weight excluding hydrogens is 605 g/mol. The van der Waals surface area contributed by atoms with Crippen molar-refractivity contribution >= 4 is 21.8 Å². The first-order valence-electron chi connectivity index (χ1n) is 14.5. The Morgan fingerprint density at radius 3 is 2.24 bits per heavy atom. The van der Waals surface area contributed by atoms with Crippen molar-refractivity contribution in [2.75, 3.05) is 53.7 Å². The van der Waals surface area contributed by atoms with Crippen LogP contribution in [0.25, 0.3) is 0 Å². The molecule has 13 heteroatoms. The molecule has 4 rings (SSSR count). The molecule has 3 aromatic rings. The van der Waals surface area contributed by atoms with Crippen LogP contribution in [0.1, 0.15) is 18.1 Å². The minimum Gasteiger partial charge on any atom is -0.493 e. The molecule has 0 aliphatic carbocycles. The van der Waals surface area contributed by atoms with E-state index < -0.39 is 34.4 Å². The van der Waals surface area contributed by atoms with E-state index in [1.54, 1.807) is 39.3 Å². The van der Waals surface area contributed by atoms with E-state index in [1.165, 1.54) is 45.6 Å². The Labute approximate surface area is 262 Å². The molecule has 0 aromatic heterocycles. The van der Waals surface area contributed by atoms with Crippen LogP contribution in [-0.4, -0.2) is 89.2 Å². The quantitative estimate of drug-likeness (QED) is 0.285. The van der Waals surface area contributed by atoms with Crippen LogP contribution in [0.5, 0.6) is 17.2 Å². The van der Waals surface area contributed by atoms with Crippen molar-refractivity contribution in [3.05, 3.63) is 83.7 Å². The molecule has 1 atom stereocenters. The summed E-state index contributed by atoms with van der Waals surface area (Å²) in [6.07, 6.45) is 0.519. The van der Waals surface area contributed by atoms with Crippen LogP contribution in [-0.2, 0) is 37.3 Å². The number of benzene rings is 3. The minimum atomic E-state index is -3.67. The van der Waals surface area contributed by atoms with Crippen molar-refractivity contribution < 1.29 is 41.3 Å². The fourth-order valence-electron chi connectivity index (χ4n) is 4.75. The van der Waals surface area contributed by atoms with E-state index in [1.807, 2.05) is 12.1 Å². The van der Waals surface area contributed by atoms with Crippen LogP contribution >= 0.6 is 0 Å². The Hall–Kier alpha value is -4.20. The maximum absolute atomic E-state index is 13.5. The second-order valence-electron chi connectivity index (χ2n) is 10.3. The van der Waals surface area contributed by atoms with Gasteiger partial charge in [0.2, 0.25) is 15.9 Å². The topological polar surface area (TPSA) is 124 Å².